The van der Waals surface area contributed by atoms with Crippen LogP contribution in [0.1, 0.15) is 11.1 Å². The molecule has 0 aromatic heterocycles. The number of rotatable bonds is 2. The van der Waals surface area contributed by atoms with Crippen LogP contribution in [0.25, 0.3) is 0 Å². The van der Waals surface area contributed by atoms with Gasteiger partial charge in [-0.2, -0.15) is 0 Å². The molecule has 0 radical (unpaired) electrons. The fourth-order valence-corrected chi connectivity index (χ4v) is 2.32. The van der Waals surface area contributed by atoms with Gasteiger partial charge in [0.2, 0.25) is 0 Å². The van der Waals surface area contributed by atoms with E-state index >= 15 is 0 Å². The first-order valence-electron chi connectivity index (χ1n) is 5.90. The minimum atomic E-state index is -0.507. The highest BCUT2D eigenvalue weighted by Crippen LogP contribution is 2.36. The molecule has 0 atom stereocenters. The molecule has 0 unspecified atom stereocenters. The summed E-state index contributed by atoms with van der Waals surface area (Å²) in [6.07, 6.45) is 0. The van der Waals surface area contributed by atoms with E-state index in [9.17, 15) is 0 Å². The van der Waals surface area contributed by atoms with E-state index in [0.717, 1.165) is 11.1 Å². The number of nitrogens with zero attached hydrogens (tertiary/aromatic N) is 1. The van der Waals surface area contributed by atoms with Crippen LogP contribution in [0.4, 0.5) is 0 Å². The number of nitrogens with two attached hydrogens (primary N) is 1. The van der Waals surface area contributed by atoms with Gasteiger partial charge in [-0.1, -0.05) is 60.7 Å². The molecule has 0 saturated carbocycles. The summed E-state index contributed by atoms with van der Waals surface area (Å²) in [5, 5.41) is 0. The summed E-state index contributed by atoms with van der Waals surface area (Å²) < 4.78 is 5.41. The van der Waals surface area contributed by atoms with Gasteiger partial charge in [-0.3, -0.25) is 0 Å². The lowest BCUT2D eigenvalue weighted by Crippen LogP contribution is -2.26. The van der Waals surface area contributed by atoms with Gasteiger partial charge in [0.1, 0.15) is 6.61 Å². The lowest BCUT2D eigenvalue weighted by atomic mass is 9.84. The molecule has 0 spiro atoms. The van der Waals surface area contributed by atoms with Gasteiger partial charge in [0.25, 0.3) is 6.02 Å². The largest absolute Gasteiger partial charge is 0.462 e. The second-order valence-corrected chi connectivity index (χ2v) is 4.33. The molecule has 0 fully saturated rings. The van der Waals surface area contributed by atoms with Crippen molar-refractivity contribution in [3.63, 3.8) is 0 Å². The SMILES string of the molecule is NC1=NC(c2ccccc2)(c2ccccc2)CO1. The summed E-state index contributed by atoms with van der Waals surface area (Å²) in [7, 11) is 0. The minimum Gasteiger partial charge on any atom is -0.462 e. The first-order valence-corrected chi connectivity index (χ1v) is 5.90. The van der Waals surface area contributed by atoms with Crippen molar-refractivity contribution in [3.05, 3.63) is 71.8 Å². The lowest BCUT2D eigenvalue weighted by Gasteiger charge is -2.25. The third-order valence-electron chi connectivity index (χ3n) is 3.23. The van der Waals surface area contributed by atoms with Crippen molar-refractivity contribution in [1.29, 1.82) is 0 Å². The van der Waals surface area contributed by atoms with Gasteiger partial charge in [0.05, 0.1) is 0 Å². The summed E-state index contributed by atoms with van der Waals surface area (Å²) in [4.78, 5) is 4.53. The standard InChI is InChI=1S/C15H14N2O/c16-14-17-15(11-18-14,12-7-3-1-4-8-12)13-9-5-2-6-10-13/h1-10H,11H2,(H2,16,17). The van der Waals surface area contributed by atoms with E-state index in [1.54, 1.807) is 0 Å². The minimum absolute atomic E-state index is 0.253. The van der Waals surface area contributed by atoms with E-state index in [0.29, 0.717) is 6.61 Å². The van der Waals surface area contributed by atoms with Gasteiger partial charge in [-0.15, -0.1) is 0 Å². The smallest absolute Gasteiger partial charge is 0.283 e. The van der Waals surface area contributed by atoms with Gasteiger partial charge in [0.15, 0.2) is 5.54 Å². The van der Waals surface area contributed by atoms with Crippen LogP contribution in [-0.2, 0) is 10.3 Å². The van der Waals surface area contributed by atoms with E-state index in [-0.39, 0.29) is 6.02 Å². The van der Waals surface area contributed by atoms with Crippen LogP contribution in [0.5, 0.6) is 0 Å². The molecule has 18 heavy (non-hydrogen) atoms. The van der Waals surface area contributed by atoms with Crippen molar-refractivity contribution in [2.24, 2.45) is 10.7 Å². The molecule has 0 amide bonds. The monoisotopic (exact) mass is 238 g/mol. The molecule has 3 rings (SSSR count). The molecular formula is C15H14N2O. The van der Waals surface area contributed by atoms with Gasteiger partial charge in [0, 0.05) is 0 Å². The molecule has 2 aromatic carbocycles. The average Bonchev–Trinajstić information content (AvgIpc) is 2.84. The molecule has 3 heteroatoms. The third-order valence-corrected chi connectivity index (χ3v) is 3.23. The first-order chi connectivity index (χ1) is 8.81. The van der Waals surface area contributed by atoms with Crippen LogP contribution < -0.4 is 5.73 Å². The highest BCUT2D eigenvalue weighted by atomic mass is 16.5. The Labute approximate surface area is 106 Å². The Morgan fingerprint density at radius 3 is 1.78 bits per heavy atom. The van der Waals surface area contributed by atoms with Crippen LogP contribution >= 0.6 is 0 Å². The number of hydrogen-bond acceptors (Lipinski definition) is 3. The third kappa shape index (κ3) is 1.64. The van der Waals surface area contributed by atoms with Gasteiger partial charge in [-0.05, 0) is 11.1 Å². The van der Waals surface area contributed by atoms with Gasteiger partial charge in [-0.25, -0.2) is 4.99 Å². The molecule has 2 aromatic rings. The number of hydrogen-bond donors (Lipinski definition) is 1. The molecule has 1 heterocycles. The van der Waals surface area contributed by atoms with Crippen LogP contribution in [-0.4, -0.2) is 12.6 Å². The zero-order valence-electron chi connectivity index (χ0n) is 9.91. The van der Waals surface area contributed by atoms with Crippen molar-refractivity contribution in [2.75, 3.05) is 6.61 Å². The molecule has 1 aliphatic rings. The highest BCUT2D eigenvalue weighted by molar-refractivity contribution is 5.75. The van der Waals surface area contributed by atoms with Crippen molar-refractivity contribution in [2.45, 2.75) is 5.54 Å². The van der Waals surface area contributed by atoms with Gasteiger partial charge < -0.3 is 10.5 Å². The Bertz CT molecular complexity index is 524. The predicted molar refractivity (Wildman–Crippen MR) is 71.2 cm³/mol. The number of amidine groups is 1. The molecule has 0 saturated heterocycles. The van der Waals surface area contributed by atoms with Crippen LogP contribution in [0.15, 0.2) is 65.7 Å². The maximum Gasteiger partial charge on any atom is 0.283 e. The van der Waals surface area contributed by atoms with E-state index in [2.05, 4.69) is 29.3 Å². The summed E-state index contributed by atoms with van der Waals surface area (Å²) in [5.41, 5.74) is 7.39. The molecule has 0 aliphatic carbocycles. The molecule has 2 N–H and O–H groups in total. The van der Waals surface area contributed by atoms with Crippen molar-refractivity contribution in [1.82, 2.24) is 0 Å². The zero-order chi connectivity index (χ0) is 12.4. The van der Waals surface area contributed by atoms with E-state index in [1.165, 1.54) is 0 Å². The second-order valence-electron chi connectivity index (χ2n) is 4.33. The second kappa shape index (κ2) is 4.18. The Kier molecular flexibility index (Phi) is 2.52. The Hall–Kier alpha value is -2.29. The fourth-order valence-electron chi connectivity index (χ4n) is 2.32. The number of benzene rings is 2. The Morgan fingerprint density at radius 2 is 1.39 bits per heavy atom. The summed E-state index contributed by atoms with van der Waals surface area (Å²) in [6, 6.07) is 20.5. The van der Waals surface area contributed by atoms with E-state index in [4.69, 9.17) is 10.5 Å². The Balaban J connectivity index is 2.18. The number of aliphatic imine (C=N–C) groups is 1. The molecular weight excluding hydrogens is 224 g/mol. The van der Waals surface area contributed by atoms with Crippen LogP contribution in [0, 0.1) is 0 Å². The van der Waals surface area contributed by atoms with Gasteiger partial charge >= 0.3 is 0 Å². The average molecular weight is 238 g/mol. The maximum atomic E-state index is 5.71. The topological polar surface area (TPSA) is 47.6 Å². The number of ether oxygens (including phenoxy) is 1. The highest BCUT2D eigenvalue weighted by Gasteiger charge is 2.39. The van der Waals surface area contributed by atoms with Crippen molar-refractivity contribution >= 4 is 6.02 Å². The Morgan fingerprint density at radius 1 is 0.889 bits per heavy atom. The summed E-state index contributed by atoms with van der Waals surface area (Å²) in [5.74, 6) is 0. The molecule has 3 nitrogen and oxygen atoms in total. The van der Waals surface area contributed by atoms with E-state index in [1.807, 2.05) is 36.4 Å². The maximum absolute atomic E-state index is 5.71. The zero-order valence-corrected chi connectivity index (χ0v) is 9.91. The fraction of sp³-hybridized carbons (Fsp3) is 0.133. The normalized spacial score (nSPS) is 17.0. The van der Waals surface area contributed by atoms with Crippen molar-refractivity contribution in [3.8, 4) is 0 Å². The van der Waals surface area contributed by atoms with E-state index < -0.39 is 5.54 Å². The van der Waals surface area contributed by atoms with Crippen LogP contribution in [0.2, 0.25) is 0 Å². The quantitative estimate of drug-likeness (QED) is 0.872. The molecule has 1 aliphatic heterocycles. The first kappa shape index (κ1) is 10.8. The summed E-state index contributed by atoms with van der Waals surface area (Å²) in [6.45, 7) is 0.451. The van der Waals surface area contributed by atoms with Crippen LogP contribution in [0.3, 0.4) is 0 Å². The molecule has 90 valence electrons. The van der Waals surface area contributed by atoms with Crippen molar-refractivity contribution < 1.29 is 4.74 Å². The summed E-state index contributed by atoms with van der Waals surface area (Å²) >= 11 is 0. The molecule has 0 bridgehead atoms. The predicted octanol–water partition coefficient (Wildman–Crippen LogP) is 2.28. The lowest BCUT2D eigenvalue weighted by molar-refractivity contribution is 0.278.